The van der Waals surface area contributed by atoms with E-state index in [1.165, 1.54) is 58.2 Å². The van der Waals surface area contributed by atoms with Gasteiger partial charge in [-0.1, -0.05) is 40.0 Å². The van der Waals surface area contributed by atoms with Crippen molar-refractivity contribution in [3.8, 4) is 0 Å². The van der Waals surface area contributed by atoms with Crippen molar-refractivity contribution in [2.45, 2.75) is 59.3 Å². The lowest BCUT2D eigenvalue weighted by Gasteiger charge is -2.21. The molecule has 0 saturated carbocycles. The number of hydrogen-bond acceptors (Lipinski definition) is 3. The molecule has 0 saturated heterocycles. The maximum Gasteiger partial charge on any atom is 0.432 e. The van der Waals surface area contributed by atoms with Gasteiger partial charge in [-0.15, -0.1) is 0 Å². The summed E-state index contributed by atoms with van der Waals surface area (Å²) in [6, 6.07) is 0. The van der Waals surface area contributed by atoms with Gasteiger partial charge in [0.25, 0.3) is 0 Å². The zero-order valence-corrected chi connectivity index (χ0v) is 11.4. The first-order valence-corrected chi connectivity index (χ1v) is 6.70. The van der Waals surface area contributed by atoms with E-state index in [0.29, 0.717) is 0 Å². The Morgan fingerprint density at radius 2 is 1.00 bits per heavy atom. The van der Waals surface area contributed by atoms with Gasteiger partial charge in [0, 0.05) is 0 Å². The molecule has 3 nitrogen and oxygen atoms in total. The number of nitrogens with zero attached hydrogens (tertiary/aromatic N) is 1. The van der Waals surface area contributed by atoms with E-state index >= 15 is 0 Å². The predicted octanol–water partition coefficient (Wildman–Crippen LogP) is 1.93. The van der Waals surface area contributed by atoms with Crippen molar-refractivity contribution in [2.75, 3.05) is 19.6 Å². The molecule has 0 heterocycles. The maximum absolute atomic E-state index is 7.12. The highest BCUT2D eigenvalue weighted by Gasteiger charge is 2.01. The molecule has 0 radical (unpaired) electrons. The molecule has 0 unspecified atom stereocenters. The van der Waals surface area contributed by atoms with Gasteiger partial charge in [-0.05, 0) is 38.9 Å². The Morgan fingerprint density at radius 3 is 1.19 bits per heavy atom. The molecular formula is C12H30BNO2. The second kappa shape index (κ2) is 17.3. The van der Waals surface area contributed by atoms with Crippen LogP contribution in [0.15, 0.2) is 0 Å². The highest BCUT2D eigenvalue weighted by Crippen LogP contribution is 2.01. The van der Waals surface area contributed by atoms with Crippen molar-refractivity contribution in [1.29, 1.82) is 0 Å². The Bertz CT molecular complexity index is 96.2. The molecule has 0 aromatic carbocycles. The van der Waals surface area contributed by atoms with Gasteiger partial charge in [0.2, 0.25) is 0 Å². The summed E-state index contributed by atoms with van der Waals surface area (Å²) in [6.45, 7) is 10.8. The van der Waals surface area contributed by atoms with Crippen LogP contribution in [-0.4, -0.2) is 42.3 Å². The molecule has 0 amide bonds. The van der Waals surface area contributed by atoms with E-state index in [1.807, 2.05) is 0 Å². The SMILES string of the molecule is CCCCN(CCCC)CCCC.OBO. The highest BCUT2D eigenvalue weighted by molar-refractivity contribution is 6.13. The van der Waals surface area contributed by atoms with Crippen molar-refractivity contribution >= 4 is 7.69 Å². The maximum atomic E-state index is 7.12. The summed E-state index contributed by atoms with van der Waals surface area (Å²) >= 11 is 0. The Kier molecular flexibility index (Phi) is 19.9. The topological polar surface area (TPSA) is 43.7 Å². The van der Waals surface area contributed by atoms with E-state index in [2.05, 4.69) is 25.7 Å². The van der Waals surface area contributed by atoms with Crippen LogP contribution in [0.4, 0.5) is 0 Å². The Labute approximate surface area is 102 Å². The molecule has 0 fully saturated rings. The van der Waals surface area contributed by atoms with Crippen LogP contribution in [0.1, 0.15) is 59.3 Å². The first-order valence-electron chi connectivity index (χ1n) is 6.70. The minimum absolute atomic E-state index is 0.750. The van der Waals surface area contributed by atoms with Crippen LogP contribution >= 0.6 is 0 Å². The smallest absolute Gasteiger partial charge is 0.430 e. The number of rotatable bonds is 9. The van der Waals surface area contributed by atoms with Crippen LogP contribution in [-0.2, 0) is 0 Å². The normalized spacial score (nSPS) is 9.88. The summed E-state index contributed by atoms with van der Waals surface area (Å²) in [7, 11) is -0.750. The van der Waals surface area contributed by atoms with E-state index in [1.54, 1.807) is 0 Å². The molecule has 0 aromatic heterocycles. The Balaban J connectivity index is 0. The molecule has 0 aliphatic carbocycles. The van der Waals surface area contributed by atoms with Gasteiger partial charge in [-0.25, -0.2) is 0 Å². The molecule has 0 aliphatic heterocycles. The van der Waals surface area contributed by atoms with Gasteiger partial charge in [-0.2, -0.15) is 0 Å². The molecule has 16 heavy (non-hydrogen) atoms. The van der Waals surface area contributed by atoms with E-state index < -0.39 is 7.69 Å². The second-order valence-corrected chi connectivity index (χ2v) is 4.04. The average molecular weight is 231 g/mol. The first-order chi connectivity index (χ1) is 7.76. The lowest BCUT2D eigenvalue weighted by Crippen LogP contribution is -2.27. The minimum Gasteiger partial charge on any atom is -0.430 e. The van der Waals surface area contributed by atoms with Gasteiger partial charge in [0.05, 0.1) is 0 Å². The van der Waals surface area contributed by atoms with Gasteiger partial charge in [0.1, 0.15) is 0 Å². The summed E-state index contributed by atoms with van der Waals surface area (Å²) in [5.74, 6) is 0. The third kappa shape index (κ3) is 16.4. The van der Waals surface area contributed by atoms with Crippen LogP contribution in [0.2, 0.25) is 0 Å². The van der Waals surface area contributed by atoms with Gasteiger partial charge < -0.3 is 14.9 Å². The van der Waals surface area contributed by atoms with Crippen molar-refractivity contribution in [3.05, 3.63) is 0 Å². The lowest BCUT2D eigenvalue weighted by atomic mass is 10.2. The predicted molar refractivity (Wildman–Crippen MR) is 72.8 cm³/mol. The molecule has 0 aliphatic rings. The molecule has 0 atom stereocenters. The van der Waals surface area contributed by atoms with Gasteiger partial charge in [-0.3, -0.25) is 0 Å². The fourth-order valence-electron chi connectivity index (χ4n) is 1.48. The highest BCUT2D eigenvalue weighted by atomic mass is 16.4. The second-order valence-electron chi connectivity index (χ2n) is 4.04. The molecular weight excluding hydrogens is 201 g/mol. The molecule has 98 valence electrons. The summed E-state index contributed by atoms with van der Waals surface area (Å²) in [5.41, 5.74) is 0. The minimum atomic E-state index is -0.750. The van der Waals surface area contributed by atoms with Gasteiger partial charge in [0.15, 0.2) is 0 Å². The third-order valence-electron chi connectivity index (χ3n) is 2.48. The molecule has 0 bridgehead atoms. The van der Waals surface area contributed by atoms with Crippen LogP contribution in [0.3, 0.4) is 0 Å². The zero-order valence-electron chi connectivity index (χ0n) is 11.4. The van der Waals surface area contributed by atoms with Crippen molar-refractivity contribution in [1.82, 2.24) is 4.90 Å². The van der Waals surface area contributed by atoms with Crippen LogP contribution < -0.4 is 0 Å². The standard InChI is InChI=1S/C12H27N.BH3O2/c1-4-7-10-13(11-8-5-2)12-9-6-3;2-1-3/h4-12H2,1-3H3;1-3H. The van der Waals surface area contributed by atoms with Gasteiger partial charge >= 0.3 is 7.69 Å². The molecule has 0 spiro atoms. The van der Waals surface area contributed by atoms with Crippen LogP contribution in [0, 0.1) is 0 Å². The quantitative estimate of drug-likeness (QED) is 0.596. The largest absolute Gasteiger partial charge is 0.432 e. The van der Waals surface area contributed by atoms with E-state index in [0.717, 1.165) is 0 Å². The fraction of sp³-hybridized carbons (Fsp3) is 1.00. The average Bonchev–Trinajstić information content (AvgIpc) is 2.29. The van der Waals surface area contributed by atoms with E-state index in [9.17, 15) is 0 Å². The summed E-state index contributed by atoms with van der Waals surface area (Å²) < 4.78 is 0. The molecule has 4 heteroatoms. The monoisotopic (exact) mass is 231 g/mol. The van der Waals surface area contributed by atoms with E-state index in [-0.39, 0.29) is 0 Å². The van der Waals surface area contributed by atoms with Crippen LogP contribution in [0.25, 0.3) is 0 Å². The number of unbranched alkanes of at least 4 members (excludes halogenated alkanes) is 3. The van der Waals surface area contributed by atoms with Crippen LogP contribution in [0.5, 0.6) is 0 Å². The molecule has 0 rings (SSSR count). The fourth-order valence-corrected chi connectivity index (χ4v) is 1.48. The van der Waals surface area contributed by atoms with Crippen molar-refractivity contribution in [2.24, 2.45) is 0 Å². The molecule has 2 N–H and O–H groups in total. The third-order valence-corrected chi connectivity index (χ3v) is 2.48. The first kappa shape index (κ1) is 18.3. The zero-order chi connectivity index (χ0) is 12.6. The van der Waals surface area contributed by atoms with Crippen molar-refractivity contribution < 1.29 is 10.0 Å². The Hall–Kier alpha value is -0.0551. The summed E-state index contributed by atoms with van der Waals surface area (Å²) in [5, 5.41) is 14.2. The van der Waals surface area contributed by atoms with Crippen molar-refractivity contribution in [3.63, 3.8) is 0 Å². The lowest BCUT2D eigenvalue weighted by molar-refractivity contribution is 0.261. The summed E-state index contributed by atoms with van der Waals surface area (Å²) in [6.07, 6.45) is 8.09. The molecule has 0 aromatic rings. The van der Waals surface area contributed by atoms with E-state index in [4.69, 9.17) is 10.0 Å². The Morgan fingerprint density at radius 1 is 0.750 bits per heavy atom. The summed E-state index contributed by atoms with van der Waals surface area (Å²) in [4.78, 5) is 2.64. The number of hydrogen-bond donors (Lipinski definition) is 2.